The standard InChI is InChI=1S/C25H24F2N4O/c1-13-14(2)23-10-20(13)24(31-23)25(32)30-19(12-29)7-17-5-3-15(8-21(17)26)16-4-6-18(11-28)22(27)9-16/h3-6,8-9,13-14,19-20,23-24,31H,7,10H2,1-2H3,(H,30,32)/t13-,14+,19+,20-,23+,24+/m1/s1. The monoisotopic (exact) mass is 434 g/mol. The molecule has 0 radical (unpaired) electrons. The summed E-state index contributed by atoms with van der Waals surface area (Å²) < 4.78 is 28.6. The van der Waals surface area contributed by atoms with E-state index in [-0.39, 0.29) is 35.4 Å². The van der Waals surface area contributed by atoms with Gasteiger partial charge in [-0.05, 0) is 59.1 Å². The summed E-state index contributed by atoms with van der Waals surface area (Å²) in [6.07, 6.45) is 0.993. The molecule has 0 unspecified atom stereocenters. The zero-order valence-corrected chi connectivity index (χ0v) is 17.9. The van der Waals surface area contributed by atoms with E-state index in [0.29, 0.717) is 29.0 Å². The average Bonchev–Trinajstić information content (AvgIpc) is 3.34. The SMILES string of the molecule is C[C@@H]1[C@H](C)[C@@H]2C[C@H]1[C@@H](C(=O)N[C@H](C#N)Cc1ccc(-c3ccc(C#N)c(F)c3)cc1F)N2. The molecule has 2 aromatic rings. The van der Waals surface area contributed by atoms with Crippen LogP contribution in [0.25, 0.3) is 11.1 Å². The molecular weight excluding hydrogens is 410 g/mol. The van der Waals surface area contributed by atoms with Crippen molar-refractivity contribution in [2.24, 2.45) is 17.8 Å². The van der Waals surface area contributed by atoms with Crippen molar-refractivity contribution in [1.82, 2.24) is 10.6 Å². The maximum Gasteiger partial charge on any atom is 0.238 e. The van der Waals surface area contributed by atoms with Gasteiger partial charge >= 0.3 is 0 Å². The summed E-state index contributed by atoms with van der Waals surface area (Å²) in [7, 11) is 0. The van der Waals surface area contributed by atoms with Gasteiger partial charge in [-0.3, -0.25) is 4.79 Å². The number of piperidine rings is 1. The highest BCUT2D eigenvalue weighted by Gasteiger charge is 2.51. The number of nitrogens with one attached hydrogen (secondary N) is 2. The van der Waals surface area contributed by atoms with Crippen molar-refractivity contribution >= 4 is 5.91 Å². The molecule has 1 aliphatic carbocycles. The van der Waals surface area contributed by atoms with Crippen LogP contribution in [0.1, 0.15) is 31.4 Å². The van der Waals surface area contributed by atoms with Gasteiger partial charge in [0.1, 0.15) is 23.7 Å². The zero-order chi connectivity index (χ0) is 23.0. The first kappa shape index (κ1) is 21.9. The Hall–Kier alpha value is -3.29. The molecule has 2 bridgehead atoms. The Morgan fingerprint density at radius 1 is 1.12 bits per heavy atom. The van der Waals surface area contributed by atoms with Gasteiger partial charge in [0, 0.05) is 12.5 Å². The second-order valence-electron chi connectivity index (χ2n) is 8.88. The molecule has 164 valence electrons. The lowest BCUT2D eigenvalue weighted by molar-refractivity contribution is -0.125. The average molecular weight is 434 g/mol. The summed E-state index contributed by atoms with van der Waals surface area (Å²) in [4.78, 5) is 12.8. The van der Waals surface area contributed by atoms with Crippen LogP contribution in [0.3, 0.4) is 0 Å². The Balaban J connectivity index is 1.44. The molecule has 4 rings (SSSR count). The molecule has 7 heteroatoms. The third-order valence-electron chi connectivity index (χ3n) is 7.14. The maximum atomic E-state index is 14.8. The number of nitrogens with zero attached hydrogens (tertiary/aromatic N) is 2. The van der Waals surface area contributed by atoms with Gasteiger partial charge in [-0.1, -0.05) is 32.0 Å². The van der Waals surface area contributed by atoms with E-state index in [1.54, 1.807) is 18.2 Å². The molecule has 2 N–H and O–H groups in total. The van der Waals surface area contributed by atoms with Gasteiger partial charge in [0.25, 0.3) is 0 Å². The second-order valence-corrected chi connectivity index (χ2v) is 8.88. The molecule has 1 aliphatic heterocycles. The number of benzene rings is 2. The van der Waals surface area contributed by atoms with Crippen LogP contribution >= 0.6 is 0 Å². The molecule has 1 heterocycles. The van der Waals surface area contributed by atoms with Gasteiger partial charge in [-0.25, -0.2) is 8.78 Å². The summed E-state index contributed by atoms with van der Waals surface area (Å²) in [5.74, 6) is -0.212. The van der Waals surface area contributed by atoms with E-state index in [1.807, 2.05) is 0 Å². The smallest absolute Gasteiger partial charge is 0.238 e. The van der Waals surface area contributed by atoms with E-state index in [4.69, 9.17) is 5.26 Å². The van der Waals surface area contributed by atoms with Gasteiger partial charge in [0.15, 0.2) is 0 Å². The maximum absolute atomic E-state index is 14.8. The molecule has 1 saturated heterocycles. The van der Waals surface area contributed by atoms with Gasteiger partial charge < -0.3 is 10.6 Å². The van der Waals surface area contributed by atoms with Crippen molar-refractivity contribution in [1.29, 1.82) is 10.5 Å². The topological polar surface area (TPSA) is 88.7 Å². The number of rotatable bonds is 5. The molecule has 0 spiro atoms. The Kier molecular flexibility index (Phi) is 5.95. The number of fused-ring (bicyclic) bond motifs is 2. The Labute approximate surface area is 186 Å². The molecule has 1 saturated carbocycles. The van der Waals surface area contributed by atoms with Crippen LogP contribution in [0.2, 0.25) is 0 Å². The van der Waals surface area contributed by atoms with Crippen LogP contribution < -0.4 is 10.6 Å². The van der Waals surface area contributed by atoms with Crippen LogP contribution in [-0.2, 0) is 11.2 Å². The molecule has 0 aromatic heterocycles. The van der Waals surface area contributed by atoms with Crippen molar-refractivity contribution in [2.75, 3.05) is 0 Å². The van der Waals surface area contributed by atoms with Crippen molar-refractivity contribution in [3.8, 4) is 23.3 Å². The number of carbonyl (C=O) groups is 1. The van der Waals surface area contributed by atoms with Crippen LogP contribution in [0, 0.1) is 52.1 Å². The Bertz CT molecular complexity index is 1130. The van der Waals surface area contributed by atoms with E-state index < -0.39 is 17.7 Å². The number of halogens is 2. The van der Waals surface area contributed by atoms with Gasteiger partial charge in [0.05, 0.1) is 17.7 Å². The summed E-state index contributed by atoms with van der Waals surface area (Å²) >= 11 is 0. The van der Waals surface area contributed by atoms with Crippen LogP contribution in [0.4, 0.5) is 8.78 Å². The molecule has 6 atom stereocenters. The molecule has 1 amide bonds. The van der Waals surface area contributed by atoms with Crippen LogP contribution in [-0.4, -0.2) is 24.0 Å². The van der Waals surface area contributed by atoms with E-state index in [1.165, 1.54) is 24.3 Å². The first-order chi connectivity index (χ1) is 15.3. The van der Waals surface area contributed by atoms with Gasteiger partial charge in [-0.2, -0.15) is 10.5 Å². The highest BCUT2D eigenvalue weighted by molar-refractivity contribution is 5.83. The lowest BCUT2D eigenvalue weighted by atomic mass is 9.84. The molecule has 5 nitrogen and oxygen atoms in total. The van der Waals surface area contributed by atoms with E-state index in [2.05, 4.69) is 30.6 Å². The van der Waals surface area contributed by atoms with Crippen molar-refractivity contribution in [3.63, 3.8) is 0 Å². The van der Waals surface area contributed by atoms with Crippen molar-refractivity contribution in [2.45, 2.75) is 44.8 Å². The number of hydrogen-bond donors (Lipinski definition) is 2. The van der Waals surface area contributed by atoms with Crippen molar-refractivity contribution < 1.29 is 13.6 Å². The number of hydrogen-bond acceptors (Lipinski definition) is 4. The third kappa shape index (κ3) is 3.97. The Morgan fingerprint density at radius 3 is 2.38 bits per heavy atom. The first-order valence-electron chi connectivity index (χ1n) is 10.8. The summed E-state index contributed by atoms with van der Waals surface area (Å²) in [6, 6.07) is 11.5. The van der Waals surface area contributed by atoms with E-state index >= 15 is 0 Å². The molecule has 32 heavy (non-hydrogen) atoms. The fourth-order valence-electron chi connectivity index (χ4n) is 5.05. The van der Waals surface area contributed by atoms with Gasteiger partial charge in [-0.15, -0.1) is 0 Å². The normalized spacial score (nSPS) is 26.9. The predicted molar refractivity (Wildman–Crippen MR) is 115 cm³/mol. The molecular formula is C25H24F2N4O. The third-order valence-corrected chi connectivity index (χ3v) is 7.14. The summed E-state index contributed by atoms with van der Waals surface area (Å²) in [6.45, 7) is 4.35. The molecule has 2 aliphatic rings. The fourth-order valence-corrected chi connectivity index (χ4v) is 5.05. The van der Waals surface area contributed by atoms with Gasteiger partial charge in [0.2, 0.25) is 5.91 Å². The summed E-state index contributed by atoms with van der Waals surface area (Å²) in [5, 5.41) is 24.5. The number of nitriles is 2. The fraction of sp³-hybridized carbons (Fsp3) is 0.400. The highest BCUT2D eigenvalue weighted by Crippen LogP contribution is 2.44. The minimum Gasteiger partial charge on any atom is -0.339 e. The minimum atomic E-state index is -0.858. The second kappa shape index (κ2) is 8.68. The number of carbonyl (C=O) groups excluding carboxylic acids is 1. The zero-order valence-electron chi connectivity index (χ0n) is 17.9. The van der Waals surface area contributed by atoms with E-state index in [9.17, 15) is 18.8 Å². The lowest BCUT2D eigenvalue weighted by Crippen LogP contribution is -2.54. The summed E-state index contributed by atoms with van der Waals surface area (Å²) in [5.41, 5.74) is 1.12. The lowest BCUT2D eigenvalue weighted by Gasteiger charge is -2.32. The van der Waals surface area contributed by atoms with Crippen molar-refractivity contribution in [3.05, 3.63) is 59.2 Å². The first-order valence-corrected chi connectivity index (χ1v) is 10.8. The Morgan fingerprint density at radius 2 is 1.81 bits per heavy atom. The number of amides is 1. The van der Waals surface area contributed by atoms with E-state index in [0.717, 1.165) is 6.42 Å². The molecule has 2 aromatic carbocycles. The predicted octanol–water partition coefficient (Wildman–Crippen LogP) is 3.69. The highest BCUT2D eigenvalue weighted by atomic mass is 19.1. The quantitative estimate of drug-likeness (QED) is 0.751. The molecule has 2 fully saturated rings. The minimum absolute atomic E-state index is 0.0306. The van der Waals surface area contributed by atoms with Crippen LogP contribution in [0.15, 0.2) is 36.4 Å². The largest absolute Gasteiger partial charge is 0.339 e. The van der Waals surface area contributed by atoms with Crippen LogP contribution in [0.5, 0.6) is 0 Å².